The first-order valence-corrected chi connectivity index (χ1v) is 8.44. The summed E-state index contributed by atoms with van der Waals surface area (Å²) in [4.78, 5) is 4.96. The number of fused-ring (bicyclic) bond motifs is 1. The van der Waals surface area contributed by atoms with E-state index in [0.717, 1.165) is 6.54 Å². The van der Waals surface area contributed by atoms with E-state index in [-0.39, 0.29) is 0 Å². The van der Waals surface area contributed by atoms with E-state index >= 15 is 0 Å². The van der Waals surface area contributed by atoms with Crippen LogP contribution in [-0.2, 0) is 6.42 Å². The van der Waals surface area contributed by atoms with Gasteiger partial charge in [0.2, 0.25) is 0 Å². The number of aryl methyl sites for hydroxylation is 1. The first-order valence-electron chi connectivity index (χ1n) is 8.44. The van der Waals surface area contributed by atoms with Crippen LogP contribution in [0.25, 0.3) is 0 Å². The van der Waals surface area contributed by atoms with Gasteiger partial charge in [-0.2, -0.15) is 0 Å². The Balaban J connectivity index is 1.64. The van der Waals surface area contributed by atoms with Gasteiger partial charge in [0.25, 0.3) is 0 Å². The van der Waals surface area contributed by atoms with Crippen LogP contribution in [0, 0.1) is 0 Å². The fourth-order valence-electron chi connectivity index (χ4n) is 3.73. The Morgan fingerprint density at radius 2 is 2.00 bits per heavy atom. The second-order valence-electron chi connectivity index (χ2n) is 6.80. The van der Waals surface area contributed by atoms with Crippen LogP contribution in [-0.4, -0.2) is 56.1 Å². The maximum Gasteiger partial charge on any atom is 0.0345 e. The van der Waals surface area contributed by atoms with Crippen molar-refractivity contribution in [2.75, 3.05) is 40.3 Å². The van der Waals surface area contributed by atoms with E-state index in [2.05, 4.69) is 53.5 Å². The van der Waals surface area contributed by atoms with Crippen LogP contribution in [0.4, 0.5) is 0 Å². The molecule has 1 N–H and O–H groups in total. The van der Waals surface area contributed by atoms with Gasteiger partial charge in [-0.25, -0.2) is 0 Å². The molecule has 1 heterocycles. The van der Waals surface area contributed by atoms with E-state index in [4.69, 9.17) is 0 Å². The minimum absolute atomic E-state index is 0.546. The zero-order valence-electron chi connectivity index (χ0n) is 13.5. The summed E-state index contributed by atoms with van der Waals surface area (Å²) < 4.78 is 0. The highest BCUT2D eigenvalue weighted by molar-refractivity contribution is 5.31. The molecule has 21 heavy (non-hydrogen) atoms. The minimum atomic E-state index is 0.546. The summed E-state index contributed by atoms with van der Waals surface area (Å²) in [5.74, 6) is 0. The molecule has 1 aliphatic heterocycles. The average molecular weight is 287 g/mol. The highest BCUT2D eigenvalue weighted by atomic mass is 15.3. The van der Waals surface area contributed by atoms with Crippen molar-refractivity contribution in [1.82, 2.24) is 15.1 Å². The predicted molar refractivity (Wildman–Crippen MR) is 88.7 cm³/mol. The van der Waals surface area contributed by atoms with Gasteiger partial charge in [0.05, 0.1) is 0 Å². The summed E-state index contributed by atoms with van der Waals surface area (Å²) in [7, 11) is 4.50. The Bertz CT molecular complexity index is 460. The van der Waals surface area contributed by atoms with Gasteiger partial charge >= 0.3 is 0 Å². The summed E-state index contributed by atoms with van der Waals surface area (Å²) in [6, 6.07) is 10.2. The highest BCUT2D eigenvalue weighted by Gasteiger charge is 2.24. The highest BCUT2D eigenvalue weighted by Crippen LogP contribution is 2.28. The van der Waals surface area contributed by atoms with Gasteiger partial charge in [-0.1, -0.05) is 30.7 Å². The van der Waals surface area contributed by atoms with E-state index in [9.17, 15) is 0 Å². The Morgan fingerprint density at radius 1 is 1.14 bits per heavy atom. The Labute approximate surface area is 129 Å². The molecule has 0 bridgehead atoms. The molecule has 0 amide bonds. The van der Waals surface area contributed by atoms with Gasteiger partial charge in [-0.05, 0) is 44.5 Å². The SMILES string of the molecule is CN1CCN(C)C(CNC2CCCCc3ccccc32)C1. The standard InChI is InChI=1S/C18H29N3/c1-20-11-12-21(2)16(14-20)13-19-18-10-6-4-8-15-7-3-5-9-17(15)18/h3,5,7,9,16,18-19H,4,6,8,10-14H2,1-2H3. The molecule has 3 nitrogen and oxygen atoms in total. The van der Waals surface area contributed by atoms with Crippen molar-refractivity contribution in [3.63, 3.8) is 0 Å². The van der Waals surface area contributed by atoms with Crippen molar-refractivity contribution < 1.29 is 0 Å². The zero-order valence-corrected chi connectivity index (χ0v) is 13.5. The number of nitrogens with one attached hydrogen (secondary N) is 1. The van der Waals surface area contributed by atoms with Crippen molar-refractivity contribution in [2.45, 2.75) is 37.8 Å². The van der Waals surface area contributed by atoms with Crippen LogP contribution in [0.15, 0.2) is 24.3 Å². The molecule has 2 atom stereocenters. The van der Waals surface area contributed by atoms with Gasteiger partial charge < -0.3 is 10.2 Å². The van der Waals surface area contributed by atoms with E-state index in [1.54, 1.807) is 11.1 Å². The van der Waals surface area contributed by atoms with Crippen LogP contribution in [0.5, 0.6) is 0 Å². The smallest absolute Gasteiger partial charge is 0.0345 e. The molecule has 0 saturated carbocycles. The largest absolute Gasteiger partial charge is 0.308 e. The third kappa shape index (κ3) is 3.65. The van der Waals surface area contributed by atoms with Gasteiger partial charge in [-0.3, -0.25) is 4.90 Å². The predicted octanol–water partition coefficient (Wildman–Crippen LogP) is 2.29. The van der Waals surface area contributed by atoms with Crippen molar-refractivity contribution in [1.29, 1.82) is 0 Å². The lowest BCUT2D eigenvalue weighted by Gasteiger charge is -2.38. The first kappa shape index (κ1) is 15.0. The van der Waals surface area contributed by atoms with Crippen LogP contribution < -0.4 is 5.32 Å². The summed E-state index contributed by atoms with van der Waals surface area (Å²) in [5, 5.41) is 3.87. The van der Waals surface area contributed by atoms with Crippen LogP contribution in [0.1, 0.15) is 36.4 Å². The second-order valence-corrected chi connectivity index (χ2v) is 6.80. The van der Waals surface area contributed by atoms with Crippen molar-refractivity contribution in [3.05, 3.63) is 35.4 Å². The Hall–Kier alpha value is -0.900. The molecule has 116 valence electrons. The molecule has 1 aliphatic carbocycles. The number of benzene rings is 1. The molecule has 0 aromatic heterocycles. The Morgan fingerprint density at radius 3 is 2.90 bits per heavy atom. The number of piperazine rings is 1. The number of hydrogen-bond acceptors (Lipinski definition) is 3. The van der Waals surface area contributed by atoms with Crippen LogP contribution >= 0.6 is 0 Å². The molecular formula is C18H29N3. The molecule has 2 aliphatic rings. The van der Waals surface area contributed by atoms with Crippen LogP contribution in [0.3, 0.4) is 0 Å². The van der Waals surface area contributed by atoms with E-state index in [1.165, 1.54) is 45.3 Å². The summed E-state index contributed by atoms with van der Waals surface area (Å²) in [6.07, 6.45) is 5.21. The molecule has 3 rings (SSSR count). The van der Waals surface area contributed by atoms with Crippen molar-refractivity contribution in [2.24, 2.45) is 0 Å². The second kappa shape index (κ2) is 6.91. The van der Waals surface area contributed by atoms with Gasteiger partial charge in [0.15, 0.2) is 0 Å². The normalized spacial score (nSPS) is 28.1. The maximum atomic E-state index is 3.87. The van der Waals surface area contributed by atoms with Gasteiger partial charge in [0, 0.05) is 38.3 Å². The minimum Gasteiger partial charge on any atom is -0.308 e. The number of nitrogens with zero attached hydrogens (tertiary/aromatic N) is 2. The molecule has 0 radical (unpaired) electrons. The fraction of sp³-hybridized carbons (Fsp3) is 0.667. The average Bonchev–Trinajstić information content (AvgIpc) is 2.70. The molecule has 1 saturated heterocycles. The number of hydrogen-bond donors (Lipinski definition) is 1. The van der Waals surface area contributed by atoms with Crippen molar-refractivity contribution >= 4 is 0 Å². The molecule has 1 aromatic rings. The molecular weight excluding hydrogens is 258 g/mol. The van der Waals surface area contributed by atoms with E-state index < -0.39 is 0 Å². The monoisotopic (exact) mass is 287 g/mol. The maximum absolute atomic E-state index is 3.87. The van der Waals surface area contributed by atoms with Gasteiger partial charge in [-0.15, -0.1) is 0 Å². The lowest BCUT2D eigenvalue weighted by molar-refractivity contribution is 0.111. The first-order chi connectivity index (χ1) is 10.2. The fourth-order valence-corrected chi connectivity index (χ4v) is 3.73. The zero-order chi connectivity index (χ0) is 14.7. The van der Waals surface area contributed by atoms with E-state index in [1.807, 2.05) is 0 Å². The quantitative estimate of drug-likeness (QED) is 0.861. The third-order valence-corrected chi connectivity index (χ3v) is 5.20. The van der Waals surface area contributed by atoms with Crippen LogP contribution in [0.2, 0.25) is 0 Å². The molecule has 2 unspecified atom stereocenters. The van der Waals surface area contributed by atoms with Gasteiger partial charge in [0.1, 0.15) is 0 Å². The molecule has 1 fully saturated rings. The lowest BCUT2D eigenvalue weighted by Crippen LogP contribution is -2.54. The summed E-state index contributed by atoms with van der Waals surface area (Å²) in [5.41, 5.74) is 3.10. The molecule has 3 heteroatoms. The number of rotatable bonds is 3. The molecule has 1 aromatic carbocycles. The number of likely N-dealkylation sites (N-methyl/N-ethyl adjacent to an activating group) is 2. The van der Waals surface area contributed by atoms with E-state index in [0.29, 0.717) is 12.1 Å². The lowest BCUT2D eigenvalue weighted by atomic mass is 9.99. The topological polar surface area (TPSA) is 18.5 Å². The Kier molecular flexibility index (Phi) is 4.94. The summed E-state index contributed by atoms with van der Waals surface area (Å²) in [6.45, 7) is 4.65. The molecule has 0 spiro atoms. The van der Waals surface area contributed by atoms with Crippen molar-refractivity contribution in [3.8, 4) is 0 Å². The third-order valence-electron chi connectivity index (χ3n) is 5.20. The summed E-state index contributed by atoms with van der Waals surface area (Å²) >= 11 is 0.